The van der Waals surface area contributed by atoms with Crippen molar-refractivity contribution in [3.8, 4) is 5.75 Å². The van der Waals surface area contributed by atoms with E-state index in [0.717, 1.165) is 14.7 Å². The summed E-state index contributed by atoms with van der Waals surface area (Å²) in [7, 11) is 0. The van der Waals surface area contributed by atoms with Crippen LogP contribution in [0.4, 0.5) is 4.39 Å². The molecule has 4 nitrogen and oxygen atoms in total. The molecule has 0 saturated carbocycles. The lowest BCUT2D eigenvalue weighted by Crippen LogP contribution is -2.06. The van der Waals surface area contributed by atoms with Gasteiger partial charge in [0.15, 0.2) is 5.70 Å². The van der Waals surface area contributed by atoms with E-state index in [2.05, 4.69) is 27.6 Å². The second kappa shape index (κ2) is 8.79. The van der Waals surface area contributed by atoms with Gasteiger partial charge >= 0.3 is 5.97 Å². The Balaban J connectivity index is 1.60. The zero-order valence-corrected chi connectivity index (χ0v) is 18.2. The molecule has 0 fully saturated rings. The summed E-state index contributed by atoms with van der Waals surface area (Å²) in [6.45, 7) is 2.07. The number of esters is 1. The van der Waals surface area contributed by atoms with Crippen molar-refractivity contribution in [3.63, 3.8) is 0 Å². The van der Waals surface area contributed by atoms with E-state index in [1.807, 2.05) is 37.3 Å². The first-order valence-electron chi connectivity index (χ1n) is 9.25. The summed E-state index contributed by atoms with van der Waals surface area (Å²) in [5, 5.41) is 0. The van der Waals surface area contributed by atoms with Crippen molar-refractivity contribution in [3.05, 3.63) is 104 Å². The molecular formula is C24H17FINO3. The number of benzene rings is 3. The standard InChI is InChI=1S/C24H17FINO3/c1-15-12-17(10-11-20(15)26)23-27-21(24(28)30-23)13-16-6-3-5-9-22(16)29-14-18-7-2-4-8-19(18)25/h2-13H,14H2,1H3/b21-13-. The Kier molecular flexibility index (Phi) is 5.94. The number of carbonyl (C=O) groups excluding carboxylic acids is 1. The molecule has 150 valence electrons. The minimum atomic E-state index is -0.523. The van der Waals surface area contributed by atoms with Crippen LogP contribution in [0.3, 0.4) is 0 Å². The number of halogens is 2. The van der Waals surface area contributed by atoms with Crippen molar-refractivity contribution in [1.29, 1.82) is 0 Å². The second-order valence-electron chi connectivity index (χ2n) is 6.72. The Morgan fingerprint density at radius 1 is 1.10 bits per heavy atom. The van der Waals surface area contributed by atoms with Gasteiger partial charge in [0.05, 0.1) is 0 Å². The van der Waals surface area contributed by atoms with Crippen LogP contribution in [0.1, 0.15) is 22.3 Å². The fourth-order valence-corrected chi connectivity index (χ4v) is 3.30. The number of nitrogens with zero attached hydrogens (tertiary/aromatic N) is 1. The van der Waals surface area contributed by atoms with Gasteiger partial charge in [0.25, 0.3) is 0 Å². The maximum atomic E-state index is 13.9. The molecule has 0 spiro atoms. The highest BCUT2D eigenvalue weighted by atomic mass is 127. The molecule has 3 aromatic carbocycles. The smallest absolute Gasteiger partial charge is 0.363 e. The molecule has 0 radical (unpaired) electrons. The topological polar surface area (TPSA) is 47.9 Å². The number of cyclic esters (lactones) is 1. The Morgan fingerprint density at radius 2 is 1.87 bits per heavy atom. The van der Waals surface area contributed by atoms with Gasteiger partial charge in [0.2, 0.25) is 5.90 Å². The predicted molar refractivity (Wildman–Crippen MR) is 122 cm³/mol. The summed E-state index contributed by atoms with van der Waals surface area (Å²) in [6.07, 6.45) is 1.62. The molecule has 0 atom stereocenters. The van der Waals surface area contributed by atoms with Crippen LogP contribution in [0.2, 0.25) is 0 Å². The number of ether oxygens (including phenoxy) is 2. The molecule has 0 N–H and O–H groups in total. The lowest BCUT2D eigenvalue weighted by atomic mass is 10.1. The fourth-order valence-electron chi connectivity index (χ4n) is 2.96. The summed E-state index contributed by atoms with van der Waals surface area (Å²) in [5.74, 6) is -0.0507. The van der Waals surface area contributed by atoms with E-state index in [4.69, 9.17) is 9.47 Å². The molecule has 0 aliphatic carbocycles. The zero-order chi connectivity index (χ0) is 21.1. The van der Waals surface area contributed by atoms with Crippen LogP contribution in [0.15, 0.2) is 77.4 Å². The van der Waals surface area contributed by atoms with Gasteiger partial charge in [-0.25, -0.2) is 14.2 Å². The van der Waals surface area contributed by atoms with Crippen LogP contribution in [0.5, 0.6) is 5.75 Å². The number of hydrogen-bond donors (Lipinski definition) is 0. The highest BCUT2D eigenvalue weighted by molar-refractivity contribution is 14.1. The van der Waals surface area contributed by atoms with Crippen molar-refractivity contribution in [1.82, 2.24) is 0 Å². The third-order valence-corrected chi connectivity index (χ3v) is 5.79. The van der Waals surface area contributed by atoms with Gasteiger partial charge in [0, 0.05) is 20.3 Å². The van der Waals surface area contributed by atoms with Crippen LogP contribution >= 0.6 is 22.6 Å². The van der Waals surface area contributed by atoms with Gasteiger partial charge in [-0.3, -0.25) is 0 Å². The average Bonchev–Trinajstić information content (AvgIpc) is 3.11. The van der Waals surface area contributed by atoms with Crippen molar-refractivity contribution in [2.45, 2.75) is 13.5 Å². The largest absolute Gasteiger partial charge is 0.488 e. The number of carbonyl (C=O) groups is 1. The average molecular weight is 513 g/mol. The van der Waals surface area contributed by atoms with Crippen LogP contribution < -0.4 is 4.74 Å². The summed E-state index contributed by atoms with van der Waals surface area (Å²) < 4.78 is 26.1. The molecule has 0 amide bonds. The second-order valence-corrected chi connectivity index (χ2v) is 7.88. The molecule has 1 heterocycles. The SMILES string of the molecule is Cc1cc(C2=N/C(=C\c3ccccc3OCc3ccccc3F)C(=O)O2)ccc1I. The molecule has 30 heavy (non-hydrogen) atoms. The molecule has 0 bridgehead atoms. The molecule has 4 rings (SSSR count). The van der Waals surface area contributed by atoms with Crippen molar-refractivity contribution in [2.75, 3.05) is 0 Å². The quantitative estimate of drug-likeness (QED) is 0.251. The zero-order valence-electron chi connectivity index (χ0n) is 16.1. The predicted octanol–water partition coefficient (Wildman–Crippen LogP) is 5.66. The van der Waals surface area contributed by atoms with Crippen LogP contribution in [0.25, 0.3) is 6.08 Å². The highest BCUT2D eigenvalue weighted by Crippen LogP contribution is 2.26. The maximum Gasteiger partial charge on any atom is 0.363 e. The monoisotopic (exact) mass is 513 g/mol. The first-order valence-corrected chi connectivity index (χ1v) is 10.3. The van der Waals surface area contributed by atoms with Crippen molar-refractivity contribution < 1.29 is 18.7 Å². The van der Waals surface area contributed by atoms with Crippen molar-refractivity contribution in [2.24, 2.45) is 4.99 Å². The van der Waals surface area contributed by atoms with E-state index < -0.39 is 5.97 Å². The Labute approximate surface area is 187 Å². The highest BCUT2D eigenvalue weighted by Gasteiger charge is 2.24. The first kappa shape index (κ1) is 20.3. The van der Waals surface area contributed by atoms with Gasteiger partial charge in [-0.15, -0.1) is 0 Å². The van der Waals surface area contributed by atoms with E-state index in [0.29, 0.717) is 16.9 Å². The van der Waals surface area contributed by atoms with E-state index in [-0.39, 0.29) is 24.0 Å². The van der Waals surface area contributed by atoms with Gasteiger partial charge < -0.3 is 9.47 Å². The third-order valence-electron chi connectivity index (χ3n) is 4.58. The molecule has 0 unspecified atom stereocenters. The number of aryl methyl sites for hydroxylation is 1. The molecule has 3 aromatic rings. The first-order chi connectivity index (χ1) is 14.5. The maximum absolute atomic E-state index is 13.9. The summed E-state index contributed by atoms with van der Waals surface area (Å²) in [4.78, 5) is 16.7. The summed E-state index contributed by atoms with van der Waals surface area (Å²) in [5.41, 5.74) is 3.12. The molecule has 6 heteroatoms. The normalized spacial score (nSPS) is 14.6. The number of aliphatic imine (C=N–C) groups is 1. The molecule has 0 saturated heterocycles. The van der Waals surface area contributed by atoms with Crippen LogP contribution in [0, 0.1) is 16.3 Å². The van der Waals surface area contributed by atoms with Crippen LogP contribution in [-0.4, -0.2) is 11.9 Å². The summed E-state index contributed by atoms with van der Waals surface area (Å²) >= 11 is 2.25. The molecular weight excluding hydrogens is 496 g/mol. The molecule has 0 aromatic heterocycles. The van der Waals surface area contributed by atoms with Gasteiger partial charge in [-0.1, -0.05) is 36.4 Å². The van der Waals surface area contributed by atoms with E-state index in [1.54, 1.807) is 36.4 Å². The van der Waals surface area contributed by atoms with Gasteiger partial charge in [-0.2, -0.15) is 0 Å². The van der Waals surface area contributed by atoms with Gasteiger partial charge in [-0.05, 0) is 71.5 Å². The lowest BCUT2D eigenvalue weighted by Gasteiger charge is -2.10. The Hall–Kier alpha value is -3.00. The minimum absolute atomic E-state index is 0.0771. The molecule has 1 aliphatic rings. The van der Waals surface area contributed by atoms with Gasteiger partial charge in [0.1, 0.15) is 18.2 Å². The van der Waals surface area contributed by atoms with E-state index in [1.165, 1.54) is 6.07 Å². The van der Waals surface area contributed by atoms with E-state index >= 15 is 0 Å². The van der Waals surface area contributed by atoms with Crippen LogP contribution in [-0.2, 0) is 16.1 Å². The van der Waals surface area contributed by atoms with E-state index in [9.17, 15) is 9.18 Å². The fraction of sp³-hybridized carbons (Fsp3) is 0.0833. The summed E-state index contributed by atoms with van der Waals surface area (Å²) in [6, 6.07) is 19.4. The number of para-hydroxylation sites is 1. The number of rotatable bonds is 5. The molecule has 1 aliphatic heterocycles. The Bertz CT molecular complexity index is 1190. The Morgan fingerprint density at radius 3 is 2.67 bits per heavy atom. The van der Waals surface area contributed by atoms with Crippen molar-refractivity contribution >= 4 is 40.5 Å². The minimum Gasteiger partial charge on any atom is -0.488 e. The third kappa shape index (κ3) is 4.43. The number of hydrogen-bond acceptors (Lipinski definition) is 4. The lowest BCUT2D eigenvalue weighted by molar-refractivity contribution is -0.129.